The Morgan fingerprint density at radius 1 is 1.36 bits per heavy atom. The van der Waals surface area contributed by atoms with Gasteiger partial charge in [0.25, 0.3) is 0 Å². The molecule has 158 valence electrons. The Morgan fingerprint density at radius 3 is 2.71 bits per heavy atom. The molecule has 1 aromatic rings. The van der Waals surface area contributed by atoms with Crippen LogP contribution in [0.5, 0.6) is 11.5 Å². The number of guanidine groups is 1. The summed E-state index contributed by atoms with van der Waals surface area (Å²) in [5, 5.41) is 3.28. The lowest BCUT2D eigenvalue weighted by Crippen LogP contribution is -2.40. The predicted octanol–water partition coefficient (Wildman–Crippen LogP) is 3.04. The van der Waals surface area contributed by atoms with Gasteiger partial charge in [0.2, 0.25) is 0 Å². The molecule has 1 N–H and O–H groups in total. The molecule has 1 aliphatic heterocycles. The third-order valence-electron chi connectivity index (χ3n) is 5.14. The molecule has 1 heterocycles. The number of alkyl halides is 2. The molecule has 1 aromatic carbocycles. The van der Waals surface area contributed by atoms with Gasteiger partial charge in [-0.3, -0.25) is 4.99 Å². The molecule has 0 amide bonds. The third-order valence-corrected chi connectivity index (χ3v) is 5.14. The van der Waals surface area contributed by atoms with Gasteiger partial charge in [0, 0.05) is 44.9 Å². The van der Waals surface area contributed by atoms with Crippen LogP contribution in [0.4, 0.5) is 8.78 Å². The van der Waals surface area contributed by atoms with Gasteiger partial charge < -0.3 is 24.6 Å². The van der Waals surface area contributed by atoms with Gasteiger partial charge in [-0.2, -0.15) is 8.78 Å². The van der Waals surface area contributed by atoms with Crippen LogP contribution < -0.4 is 14.8 Å². The number of nitrogens with zero attached hydrogens (tertiary/aromatic N) is 3. The fourth-order valence-corrected chi connectivity index (χ4v) is 3.54. The Labute approximate surface area is 166 Å². The number of benzene rings is 1. The van der Waals surface area contributed by atoms with E-state index >= 15 is 0 Å². The van der Waals surface area contributed by atoms with E-state index in [-0.39, 0.29) is 5.75 Å². The number of likely N-dealkylation sites (tertiary alicyclic amines) is 1. The SMILES string of the molecule is CCN(CC)CC1CCN(C(=NC)NCc2ccc(OC)cc2OC(F)F)C1. The standard InChI is InChI=1S/C20H32F2N4O2/c1-5-25(6-2)13-15-9-10-26(14-15)20(23-3)24-12-16-7-8-17(27-4)11-18(16)28-19(21)22/h7-8,11,15,19H,5-6,9-10,12-14H2,1-4H3,(H,23,24). The highest BCUT2D eigenvalue weighted by atomic mass is 19.3. The van der Waals surface area contributed by atoms with Gasteiger partial charge in [-0.15, -0.1) is 0 Å². The van der Waals surface area contributed by atoms with Crippen molar-refractivity contribution in [3.8, 4) is 11.5 Å². The molecule has 1 fully saturated rings. The van der Waals surface area contributed by atoms with E-state index in [2.05, 4.69) is 38.7 Å². The van der Waals surface area contributed by atoms with Crippen LogP contribution in [-0.4, -0.2) is 69.3 Å². The third kappa shape index (κ3) is 6.22. The lowest BCUT2D eigenvalue weighted by atomic mass is 10.1. The highest BCUT2D eigenvalue weighted by molar-refractivity contribution is 5.80. The Kier molecular flexibility index (Phi) is 8.76. The van der Waals surface area contributed by atoms with Crippen LogP contribution in [0.25, 0.3) is 0 Å². The van der Waals surface area contributed by atoms with E-state index in [1.54, 1.807) is 19.2 Å². The molecule has 0 bridgehead atoms. The zero-order chi connectivity index (χ0) is 20.5. The van der Waals surface area contributed by atoms with E-state index < -0.39 is 6.61 Å². The van der Waals surface area contributed by atoms with E-state index in [0.29, 0.717) is 23.8 Å². The topological polar surface area (TPSA) is 49.3 Å². The largest absolute Gasteiger partial charge is 0.497 e. The number of methoxy groups -OCH3 is 1. The van der Waals surface area contributed by atoms with Crippen LogP contribution in [0, 0.1) is 5.92 Å². The summed E-state index contributed by atoms with van der Waals surface area (Å²) in [5.74, 6) is 1.97. The second kappa shape index (κ2) is 11.0. The molecule has 0 aromatic heterocycles. The zero-order valence-electron chi connectivity index (χ0n) is 17.3. The Balaban J connectivity index is 1.97. The number of aliphatic imine (C=N–C) groups is 1. The summed E-state index contributed by atoms with van der Waals surface area (Å²) in [6, 6.07) is 4.93. The van der Waals surface area contributed by atoms with Crippen molar-refractivity contribution in [2.75, 3.05) is 46.9 Å². The van der Waals surface area contributed by atoms with Crippen molar-refractivity contribution in [1.82, 2.24) is 15.1 Å². The smallest absolute Gasteiger partial charge is 0.387 e. The summed E-state index contributed by atoms with van der Waals surface area (Å²) >= 11 is 0. The Bertz CT molecular complexity index is 639. The predicted molar refractivity (Wildman–Crippen MR) is 107 cm³/mol. The molecule has 1 atom stereocenters. The summed E-state index contributed by atoms with van der Waals surface area (Å²) in [5.41, 5.74) is 0.626. The molecular weight excluding hydrogens is 366 g/mol. The quantitative estimate of drug-likeness (QED) is 0.512. The maximum absolute atomic E-state index is 12.7. The van der Waals surface area contributed by atoms with E-state index in [9.17, 15) is 8.78 Å². The van der Waals surface area contributed by atoms with E-state index in [0.717, 1.165) is 45.1 Å². The summed E-state index contributed by atoms with van der Waals surface area (Å²) in [6.07, 6.45) is 1.12. The van der Waals surface area contributed by atoms with Gasteiger partial charge in [-0.05, 0) is 37.6 Å². The number of hydrogen-bond donors (Lipinski definition) is 1. The van der Waals surface area contributed by atoms with Crippen LogP contribution in [0.2, 0.25) is 0 Å². The lowest BCUT2D eigenvalue weighted by Gasteiger charge is -2.24. The summed E-state index contributed by atoms with van der Waals surface area (Å²) in [6.45, 7) is 6.92. The van der Waals surface area contributed by atoms with Crippen LogP contribution in [0.15, 0.2) is 23.2 Å². The van der Waals surface area contributed by atoms with E-state index in [1.165, 1.54) is 13.2 Å². The molecule has 0 aliphatic carbocycles. The molecular formula is C20H32F2N4O2. The average molecular weight is 398 g/mol. The molecule has 6 nitrogen and oxygen atoms in total. The average Bonchev–Trinajstić information content (AvgIpc) is 3.15. The van der Waals surface area contributed by atoms with Gasteiger partial charge in [-0.1, -0.05) is 13.8 Å². The Hall–Kier alpha value is -2.09. The minimum absolute atomic E-state index is 0.109. The monoisotopic (exact) mass is 398 g/mol. The fraction of sp³-hybridized carbons (Fsp3) is 0.650. The maximum atomic E-state index is 12.7. The number of halogens is 2. The first-order valence-corrected chi connectivity index (χ1v) is 9.80. The maximum Gasteiger partial charge on any atom is 0.387 e. The first-order valence-electron chi connectivity index (χ1n) is 9.80. The highest BCUT2D eigenvalue weighted by Crippen LogP contribution is 2.26. The van der Waals surface area contributed by atoms with Crippen molar-refractivity contribution in [3.63, 3.8) is 0 Å². The summed E-state index contributed by atoms with van der Waals surface area (Å²) in [7, 11) is 3.23. The lowest BCUT2D eigenvalue weighted by molar-refractivity contribution is -0.0505. The highest BCUT2D eigenvalue weighted by Gasteiger charge is 2.26. The van der Waals surface area contributed by atoms with Gasteiger partial charge in [0.15, 0.2) is 5.96 Å². The first kappa shape index (κ1) is 22.2. The van der Waals surface area contributed by atoms with Gasteiger partial charge >= 0.3 is 6.61 Å². The molecule has 1 aliphatic rings. The Morgan fingerprint density at radius 2 is 2.11 bits per heavy atom. The van der Waals surface area contributed by atoms with Crippen molar-refractivity contribution < 1.29 is 18.3 Å². The van der Waals surface area contributed by atoms with Gasteiger partial charge in [-0.25, -0.2) is 0 Å². The number of nitrogens with one attached hydrogen (secondary N) is 1. The minimum Gasteiger partial charge on any atom is -0.497 e. The molecule has 2 rings (SSSR count). The second-order valence-corrected chi connectivity index (χ2v) is 6.84. The molecule has 1 unspecified atom stereocenters. The summed E-state index contributed by atoms with van der Waals surface area (Å²) < 4.78 is 35.2. The molecule has 0 spiro atoms. The molecule has 8 heteroatoms. The molecule has 0 saturated carbocycles. The minimum atomic E-state index is -2.88. The molecule has 28 heavy (non-hydrogen) atoms. The zero-order valence-corrected chi connectivity index (χ0v) is 17.3. The second-order valence-electron chi connectivity index (χ2n) is 6.84. The normalized spacial score (nSPS) is 17.5. The van der Waals surface area contributed by atoms with Crippen LogP contribution in [0.3, 0.4) is 0 Å². The van der Waals surface area contributed by atoms with Gasteiger partial charge in [0.1, 0.15) is 11.5 Å². The van der Waals surface area contributed by atoms with Crippen LogP contribution in [-0.2, 0) is 6.54 Å². The number of rotatable bonds is 9. The van der Waals surface area contributed by atoms with Crippen LogP contribution in [0.1, 0.15) is 25.8 Å². The van der Waals surface area contributed by atoms with Crippen molar-refractivity contribution in [2.24, 2.45) is 10.9 Å². The van der Waals surface area contributed by atoms with Gasteiger partial charge in [0.05, 0.1) is 7.11 Å². The number of hydrogen-bond acceptors (Lipinski definition) is 4. The first-order chi connectivity index (χ1) is 13.5. The van der Waals surface area contributed by atoms with Crippen molar-refractivity contribution in [3.05, 3.63) is 23.8 Å². The van der Waals surface area contributed by atoms with Crippen molar-refractivity contribution in [2.45, 2.75) is 33.4 Å². The summed E-state index contributed by atoms with van der Waals surface area (Å²) in [4.78, 5) is 9.04. The number of ether oxygens (including phenoxy) is 2. The molecule has 1 saturated heterocycles. The van der Waals surface area contributed by atoms with E-state index in [1.807, 2.05) is 0 Å². The van der Waals surface area contributed by atoms with Crippen molar-refractivity contribution >= 4 is 5.96 Å². The molecule has 0 radical (unpaired) electrons. The van der Waals surface area contributed by atoms with Crippen LogP contribution >= 0.6 is 0 Å². The fourth-order valence-electron chi connectivity index (χ4n) is 3.54. The van der Waals surface area contributed by atoms with E-state index in [4.69, 9.17) is 4.74 Å². The van der Waals surface area contributed by atoms with Crippen molar-refractivity contribution in [1.29, 1.82) is 0 Å².